The van der Waals surface area contributed by atoms with Crippen molar-refractivity contribution in [2.24, 2.45) is 11.7 Å². The van der Waals surface area contributed by atoms with Crippen LogP contribution in [0, 0.1) is 5.92 Å². The summed E-state index contributed by atoms with van der Waals surface area (Å²) in [7, 11) is -4.77. The number of hydrogen-bond donors (Lipinski definition) is 7. The number of phenols is 2. The minimum Gasteiger partial charge on any atom is -0.508 e. The molecule has 2 rings (SSSR count). The Balaban J connectivity index is 2.25. The first-order chi connectivity index (χ1) is 15.9. The number of rotatable bonds is 11. The van der Waals surface area contributed by atoms with Crippen LogP contribution in [-0.2, 0) is 27.0 Å². The van der Waals surface area contributed by atoms with Crippen LogP contribution < -0.4 is 16.4 Å². The second kappa shape index (κ2) is 12.0. The van der Waals surface area contributed by atoms with Crippen LogP contribution in [0.3, 0.4) is 0 Å². The molecule has 0 radical (unpaired) electrons. The van der Waals surface area contributed by atoms with Gasteiger partial charge < -0.3 is 36.4 Å². The van der Waals surface area contributed by atoms with Crippen molar-refractivity contribution in [3.63, 3.8) is 0 Å². The zero-order valence-electron chi connectivity index (χ0n) is 19.1. The van der Waals surface area contributed by atoms with E-state index in [0.717, 1.165) is 0 Å². The number of benzene rings is 2. The SMILES string of the molecule is CC[C@@H](C)[C@H](N)C(=O)N[C@@H](Cc1ccc(O)cc1)C(=O)N[C@H](Cc1ccc(O)cc1)P(=O)(O)O. The molecule has 11 heteroatoms. The molecular formula is C23H32N3O7P. The summed E-state index contributed by atoms with van der Waals surface area (Å²) in [5.74, 6) is -3.01. The first-order valence-electron chi connectivity index (χ1n) is 10.9. The van der Waals surface area contributed by atoms with Gasteiger partial charge in [-0.25, -0.2) is 0 Å². The van der Waals surface area contributed by atoms with Gasteiger partial charge in [-0.05, 0) is 41.3 Å². The molecule has 34 heavy (non-hydrogen) atoms. The second-order valence-electron chi connectivity index (χ2n) is 8.33. The Morgan fingerprint density at radius 3 is 1.79 bits per heavy atom. The average Bonchev–Trinajstić information content (AvgIpc) is 2.79. The highest BCUT2D eigenvalue weighted by molar-refractivity contribution is 7.52. The number of nitrogens with two attached hydrogens (primary N) is 1. The predicted octanol–water partition coefficient (Wildman–Crippen LogP) is 1.36. The fraction of sp³-hybridized carbons (Fsp3) is 0.391. The Morgan fingerprint density at radius 1 is 0.882 bits per heavy atom. The summed E-state index contributed by atoms with van der Waals surface area (Å²) in [6, 6.07) is 9.71. The molecule has 0 aliphatic rings. The third kappa shape index (κ3) is 8.14. The van der Waals surface area contributed by atoms with E-state index in [1.807, 2.05) is 6.92 Å². The molecule has 0 heterocycles. The van der Waals surface area contributed by atoms with Gasteiger partial charge in [-0.2, -0.15) is 0 Å². The summed E-state index contributed by atoms with van der Waals surface area (Å²) in [6.45, 7) is 3.69. The number of phenolic OH excluding ortho intramolecular Hbond substituents is 2. The minimum absolute atomic E-state index is 0.00478. The van der Waals surface area contributed by atoms with E-state index in [4.69, 9.17) is 5.73 Å². The molecule has 0 spiro atoms. The highest BCUT2D eigenvalue weighted by Gasteiger charge is 2.34. The van der Waals surface area contributed by atoms with E-state index in [2.05, 4.69) is 10.6 Å². The van der Waals surface area contributed by atoms with Crippen molar-refractivity contribution in [1.82, 2.24) is 10.6 Å². The molecule has 2 aromatic rings. The molecular weight excluding hydrogens is 461 g/mol. The van der Waals surface area contributed by atoms with Crippen LogP contribution in [0.15, 0.2) is 48.5 Å². The van der Waals surface area contributed by atoms with Crippen molar-refractivity contribution in [2.75, 3.05) is 0 Å². The van der Waals surface area contributed by atoms with Gasteiger partial charge in [0.2, 0.25) is 11.8 Å². The third-order valence-corrected chi connectivity index (χ3v) is 6.77. The maximum atomic E-state index is 13.1. The Kier molecular flexibility index (Phi) is 9.64. The summed E-state index contributed by atoms with van der Waals surface area (Å²) in [5.41, 5.74) is 7.10. The third-order valence-electron chi connectivity index (χ3n) is 5.65. The number of amides is 2. The number of carbonyl (C=O) groups excluding carboxylic acids is 2. The fourth-order valence-electron chi connectivity index (χ4n) is 3.23. The number of nitrogens with one attached hydrogen (secondary N) is 2. The number of aromatic hydroxyl groups is 2. The zero-order chi connectivity index (χ0) is 25.5. The lowest BCUT2D eigenvalue weighted by Gasteiger charge is -2.26. The molecule has 0 bridgehead atoms. The molecule has 0 aliphatic heterocycles. The molecule has 2 aromatic carbocycles. The van der Waals surface area contributed by atoms with Gasteiger partial charge in [0.05, 0.1) is 6.04 Å². The van der Waals surface area contributed by atoms with Crippen molar-refractivity contribution >= 4 is 19.4 Å². The van der Waals surface area contributed by atoms with E-state index in [0.29, 0.717) is 17.5 Å². The molecule has 4 atom stereocenters. The van der Waals surface area contributed by atoms with Gasteiger partial charge in [0.15, 0.2) is 0 Å². The first kappa shape index (κ1) is 27.3. The Bertz CT molecular complexity index is 1010. The van der Waals surface area contributed by atoms with Crippen molar-refractivity contribution < 1.29 is 34.2 Å². The molecule has 8 N–H and O–H groups in total. The van der Waals surface area contributed by atoms with Gasteiger partial charge in [-0.3, -0.25) is 14.2 Å². The molecule has 0 saturated carbocycles. The quantitative estimate of drug-likeness (QED) is 0.229. The summed E-state index contributed by atoms with van der Waals surface area (Å²) < 4.78 is 12.1. The van der Waals surface area contributed by atoms with Crippen LogP contribution in [0.4, 0.5) is 0 Å². The number of carbonyl (C=O) groups is 2. The van der Waals surface area contributed by atoms with Crippen LogP contribution in [0.1, 0.15) is 31.4 Å². The molecule has 0 aromatic heterocycles. The summed E-state index contributed by atoms with van der Waals surface area (Å²) >= 11 is 0. The molecule has 0 saturated heterocycles. The van der Waals surface area contributed by atoms with Crippen LogP contribution in [-0.4, -0.2) is 49.7 Å². The van der Waals surface area contributed by atoms with Gasteiger partial charge in [-0.15, -0.1) is 0 Å². The lowest BCUT2D eigenvalue weighted by molar-refractivity contribution is -0.130. The monoisotopic (exact) mass is 493 g/mol. The predicted molar refractivity (Wildman–Crippen MR) is 127 cm³/mol. The summed E-state index contributed by atoms with van der Waals surface area (Å²) in [6.07, 6.45) is 0.469. The van der Waals surface area contributed by atoms with Crippen molar-refractivity contribution in [1.29, 1.82) is 0 Å². The fourth-order valence-corrected chi connectivity index (χ4v) is 3.98. The van der Waals surface area contributed by atoms with Gasteiger partial charge in [0.1, 0.15) is 23.3 Å². The largest absolute Gasteiger partial charge is 0.508 e. The van der Waals surface area contributed by atoms with E-state index in [9.17, 15) is 34.2 Å². The Morgan fingerprint density at radius 2 is 1.35 bits per heavy atom. The van der Waals surface area contributed by atoms with Crippen LogP contribution in [0.5, 0.6) is 11.5 Å². The van der Waals surface area contributed by atoms with E-state index >= 15 is 0 Å². The lowest BCUT2D eigenvalue weighted by atomic mass is 9.98. The van der Waals surface area contributed by atoms with E-state index in [1.54, 1.807) is 19.1 Å². The zero-order valence-corrected chi connectivity index (χ0v) is 20.0. The number of hydrogen-bond acceptors (Lipinski definition) is 6. The lowest BCUT2D eigenvalue weighted by Crippen LogP contribution is -2.55. The van der Waals surface area contributed by atoms with Crippen LogP contribution >= 0.6 is 7.60 Å². The second-order valence-corrected chi connectivity index (χ2v) is 10.1. The van der Waals surface area contributed by atoms with Gasteiger partial charge in [0.25, 0.3) is 0 Å². The van der Waals surface area contributed by atoms with Gasteiger partial charge in [0, 0.05) is 12.8 Å². The topological polar surface area (TPSA) is 182 Å². The minimum atomic E-state index is -4.77. The van der Waals surface area contributed by atoms with Crippen LogP contribution in [0.25, 0.3) is 0 Å². The maximum Gasteiger partial charge on any atom is 0.347 e. The first-order valence-corrected chi connectivity index (χ1v) is 12.6. The molecule has 0 aliphatic carbocycles. The van der Waals surface area contributed by atoms with Crippen molar-refractivity contribution in [3.05, 3.63) is 59.7 Å². The van der Waals surface area contributed by atoms with Gasteiger partial charge >= 0.3 is 7.60 Å². The molecule has 0 fully saturated rings. The highest BCUT2D eigenvalue weighted by Crippen LogP contribution is 2.41. The Labute approximate surface area is 198 Å². The summed E-state index contributed by atoms with van der Waals surface area (Å²) in [5, 5.41) is 23.9. The highest BCUT2D eigenvalue weighted by atomic mass is 31.2. The van der Waals surface area contributed by atoms with Crippen LogP contribution in [0.2, 0.25) is 0 Å². The van der Waals surface area contributed by atoms with Crippen molar-refractivity contribution in [3.8, 4) is 11.5 Å². The molecule has 10 nitrogen and oxygen atoms in total. The standard InChI is InChI=1S/C23H32N3O7P/c1-3-14(2)21(24)23(30)25-19(12-15-4-8-17(27)9-5-15)22(29)26-20(34(31,32)33)13-16-6-10-18(28)11-7-16/h4-11,14,19-21,27-28H,3,12-13,24H2,1-2H3,(H,25,30)(H,26,29)(H2,31,32,33)/t14-,19+,20+,21+/m1/s1. The molecule has 186 valence electrons. The smallest absolute Gasteiger partial charge is 0.347 e. The van der Waals surface area contributed by atoms with E-state index in [1.165, 1.54) is 36.4 Å². The van der Waals surface area contributed by atoms with Crippen molar-refractivity contribution in [2.45, 2.75) is 51.0 Å². The maximum absolute atomic E-state index is 13.1. The summed E-state index contributed by atoms with van der Waals surface area (Å²) in [4.78, 5) is 45.5. The Hall–Kier alpha value is -2.91. The molecule has 0 unspecified atom stereocenters. The van der Waals surface area contributed by atoms with E-state index < -0.39 is 37.3 Å². The average molecular weight is 493 g/mol. The normalized spacial score (nSPS) is 15.1. The van der Waals surface area contributed by atoms with E-state index in [-0.39, 0.29) is 30.3 Å². The molecule has 2 amide bonds. The van der Waals surface area contributed by atoms with Gasteiger partial charge in [-0.1, -0.05) is 44.5 Å².